The predicted octanol–water partition coefficient (Wildman–Crippen LogP) is -2.35. The number of aromatic nitrogens is 2. The molecule has 164 valence electrons. The van der Waals surface area contributed by atoms with E-state index in [1.165, 1.54) is 0 Å². The van der Waals surface area contributed by atoms with Crippen molar-refractivity contribution in [3.05, 3.63) is 45.6 Å². The summed E-state index contributed by atoms with van der Waals surface area (Å²) >= 11 is 0. The van der Waals surface area contributed by atoms with Crippen molar-refractivity contribution in [2.45, 2.75) is 24.4 Å². The maximum absolute atomic E-state index is 13.4. The van der Waals surface area contributed by atoms with E-state index >= 15 is 0 Å². The SMILES string of the molecule is O=C(CO)N[C@H](/C(O)=C\c1nc2cc(F)c(F)cc2[nH]c1=O)C(O)[C@H](O)[C@H](O)CO. The highest BCUT2D eigenvalue weighted by Gasteiger charge is 2.34. The Balaban J connectivity index is 2.48. The molecule has 4 atom stereocenters. The molecule has 8 N–H and O–H groups in total. The molecule has 13 heteroatoms. The van der Waals surface area contributed by atoms with E-state index in [-0.39, 0.29) is 11.0 Å². The molecule has 0 radical (unpaired) electrons. The van der Waals surface area contributed by atoms with E-state index in [0.29, 0.717) is 18.2 Å². The van der Waals surface area contributed by atoms with E-state index in [1.54, 1.807) is 0 Å². The number of hydrogen-bond acceptors (Lipinski definition) is 9. The highest BCUT2D eigenvalue weighted by molar-refractivity contribution is 5.78. The number of nitrogens with one attached hydrogen (secondary N) is 2. The Morgan fingerprint density at radius 3 is 2.40 bits per heavy atom. The Morgan fingerprint density at radius 2 is 1.80 bits per heavy atom. The van der Waals surface area contributed by atoms with Gasteiger partial charge in [-0.3, -0.25) is 9.59 Å². The van der Waals surface area contributed by atoms with Gasteiger partial charge in [0.1, 0.15) is 42.4 Å². The van der Waals surface area contributed by atoms with E-state index in [2.05, 4.69) is 9.97 Å². The zero-order valence-electron chi connectivity index (χ0n) is 15.2. The number of nitrogens with zero attached hydrogens (tertiary/aromatic N) is 1. The summed E-state index contributed by atoms with van der Waals surface area (Å²) in [6.45, 7) is -2.02. The summed E-state index contributed by atoms with van der Waals surface area (Å²) < 4.78 is 26.7. The molecule has 11 nitrogen and oxygen atoms in total. The lowest BCUT2D eigenvalue weighted by Gasteiger charge is -2.29. The molecular formula is C17H19F2N3O8. The van der Waals surface area contributed by atoms with Gasteiger partial charge in [0.05, 0.1) is 17.6 Å². The number of H-pyrrole nitrogens is 1. The fourth-order valence-electron chi connectivity index (χ4n) is 2.51. The first kappa shape index (κ1) is 23.3. The lowest BCUT2D eigenvalue weighted by molar-refractivity contribution is -0.127. The molecule has 0 spiro atoms. The van der Waals surface area contributed by atoms with Crippen molar-refractivity contribution < 1.29 is 44.2 Å². The molecule has 0 bridgehead atoms. The van der Waals surface area contributed by atoms with E-state index in [9.17, 15) is 38.8 Å². The van der Waals surface area contributed by atoms with Crippen LogP contribution in [0.2, 0.25) is 0 Å². The Labute approximate surface area is 166 Å². The summed E-state index contributed by atoms with van der Waals surface area (Å²) in [7, 11) is 0. The monoisotopic (exact) mass is 431 g/mol. The van der Waals surface area contributed by atoms with Crippen LogP contribution < -0.4 is 10.9 Å². The fourth-order valence-corrected chi connectivity index (χ4v) is 2.51. The van der Waals surface area contributed by atoms with Gasteiger partial charge in [0.25, 0.3) is 5.56 Å². The van der Waals surface area contributed by atoms with Gasteiger partial charge in [-0.25, -0.2) is 13.8 Å². The third-order valence-corrected chi connectivity index (χ3v) is 4.10. The van der Waals surface area contributed by atoms with E-state index < -0.39 is 72.1 Å². The van der Waals surface area contributed by atoms with Crippen LogP contribution in [0.25, 0.3) is 17.1 Å². The molecule has 30 heavy (non-hydrogen) atoms. The summed E-state index contributed by atoms with van der Waals surface area (Å²) in [6.07, 6.45) is -5.32. The number of carbonyl (C=O) groups excluding carboxylic acids is 1. The van der Waals surface area contributed by atoms with E-state index in [4.69, 9.17) is 10.2 Å². The minimum atomic E-state index is -2.09. The molecule has 1 amide bonds. The first-order chi connectivity index (χ1) is 14.1. The van der Waals surface area contributed by atoms with Crippen molar-refractivity contribution in [2.75, 3.05) is 13.2 Å². The maximum Gasteiger partial charge on any atom is 0.274 e. The summed E-state index contributed by atoms with van der Waals surface area (Å²) in [6, 6.07) is -0.453. The lowest BCUT2D eigenvalue weighted by atomic mass is 9.99. The first-order valence-electron chi connectivity index (χ1n) is 8.44. The summed E-state index contributed by atoms with van der Waals surface area (Å²) in [5.41, 5.74) is -1.79. The third kappa shape index (κ3) is 5.14. The van der Waals surface area contributed by atoms with E-state index in [1.807, 2.05) is 5.32 Å². The van der Waals surface area contributed by atoms with Gasteiger partial charge in [-0.15, -0.1) is 0 Å². The number of aliphatic hydroxyl groups excluding tert-OH is 6. The number of fused-ring (bicyclic) bond motifs is 1. The average Bonchev–Trinajstić information content (AvgIpc) is 2.72. The number of amides is 1. The van der Waals surface area contributed by atoms with Gasteiger partial charge in [0, 0.05) is 18.2 Å². The maximum atomic E-state index is 13.4. The molecule has 1 heterocycles. The van der Waals surface area contributed by atoms with Crippen LogP contribution in [-0.4, -0.2) is 84.1 Å². The smallest absolute Gasteiger partial charge is 0.274 e. The summed E-state index contributed by atoms with van der Waals surface area (Å²) in [5, 5.41) is 59.5. The number of aliphatic hydroxyl groups is 6. The average molecular weight is 431 g/mol. The van der Waals surface area contributed by atoms with Gasteiger partial charge in [-0.2, -0.15) is 0 Å². The molecule has 0 aliphatic heterocycles. The lowest BCUT2D eigenvalue weighted by Crippen LogP contribution is -2.54. The van der Waals surface area contributed by atoms with Crippen LogP contribution in [-0.2, 0) is 4.79 Å². The number of rotatable bonds is 8. The van der Waals surface area contributed by atoms with Crippen molar-refractivity contribution in [1.82, 2.24) is 15.3 Å². The molecule has 2 rings (SSSR count). The van der Waals surface area contributed by atoms with Crippen molar-refractivity contribution in [3.8, 4) is 0 Å². The predicted molar refractivity (Wildman–Crippen MR) is 97.0 cm³/mol. The molecule has 0 saturated carbocycles. The van der Waals surface area contributed by atoms with Gasteiger partial charge >= 0.3 is 0 Å². The topological polar surface area (TPSA) is 196 Å². The fraction of sp³-hybridized carbons (Fsp3) is 0.353. The highest BCUT2D eigenvalue weighted by atomic mass is 19.2. The van der Waals surface area contributed by atoms with Crippen molar-refractivity contribution in [3.63, 3.8) is 0 Å². The molecular weight excluding hydrogens is 412 g/mol. The normalized spacial score (nSPS) is 16.2. The molecule has 1 aromatic carbocycles. The Morgan fingerprint density at radius 1 is 1.17 bits per heavy atom. The van der Waals surface area contributed by atoms with Gasteiger partial charge < -0.3 is 40.9 Å². The highest BCUT2D eigenvalue weighted by Crippen LogP contribution is 2.16. The molecule has 0 aliphatic carbocycles. The number of halogens is 2. The number of hydrogen-bond donors (Lipinski definition) is 8. The van der Waals surface area contributed by atoms with Gasteiger partial charge in [0.2, 0.25) is 5.91 Å². The molecule has 0 aliphatic rings. The Bertz CT molecular complexity index is 1010. The van der Waals surface area contributed by atoms with Crippen LogP contribution in [0.3, 0.4) is 0 Å². The second-order valence-corrected chi connectivity index (χ2v) is 6.24. The number of carbonyl (C=O) groups is 1. The van der Waals surface area contributed by atoms with Crippen molar-refractivity contribution in [1.29, 1.82) is 0 Å². The van der Waals surface area contributed by atoms with E-state index in [0.717, 1.165) is 0 Å². The van der Waals surface area contributed by atoms with Crippen LogP contribution in [0.1, 0.15) is 5.69 Å². The van der Waals surface area contributed by atoms with Gasteiger partial charge in [0.15, 0.2) is 11.6 Å². The molecule has 1 unspecified atom stereocenters. The largest absolute Gasteiger partial charge is 0.510 e. The van der Waals surface area contributed by atoms with Crippen LogP contribution in [0.5, 0.6) is 0 Å². The standard InChI is InChI=1S/C17H19F2N3O8/c18-6-1-8-9(2-7(6)19)21-17(30)10(20-8)3-11(25)14(22-13(27)5-24)16(29)15(28)12(26)4-23/h1-3,12,14-16,23-26,28-29H,4-5H2,(H,21,30)(H,22,27)/b11-3+/t12-,14-,15-,16?/m1/s1. The Hall–Kier alpha value is -2.97. The first-order valence-corrected chi connectivity index (χ1v) is 8.44. The quantitative estimate of drug-likeness (QED) is 0.211. The second kappa shape index (κ2) is 9.69. The molecule has 0 fully saturated rings. The minimum Gasteiger partial charge on any atom is -0.510 e. The summed E-state index contributed by atoms with van der Waals surface area (Å²) in [5.74, 6) is -4.50. The van der Waals surface area contributed by atoms with Crippen molar-refractivity contribution in [2.24, 2.45) is 0 Å². The van der Waals surface area contributed by atoms with Crippen LogP contribution in [0, 0.1) is 11.6 Å². The zero-order chi connectivity index (χ0) is 22.6. The summed E-state index contributed by atoms with van der Waals surface area (Å²) in [4.78, 5) is 29.6. The van der Waals surface area contributed by atoms with Crippen LogP contribution in [0.4, 0.5) is 8.78 Å². The van der Waals surface area contributed by atoms with Gasteiger partial charge in [-0.05, 0) is 0 Å². The Kier molecular flexibility index (Phi) is 7.53. The molecule has 2 aromatic rings. The minimum absolute atomic E-state index is 0.137. The number of benzene rings is 1. The third-order valence-electron chi connectivity index (χ3n) is 4.10. The van der Waals surface area contributed by atoms with Crippen LogP contribution >= 0.6 is 0 Å². The zero-order valence-corrected chi connectivity index (χ0v) is 15.2. The van der Waals surface area contributed by atoms with Gasteiger partial charge in [-0.1, -0.05) is 0 Å². The van der Waals surface area contributed by atoms with Crippen molar-refractivity contribution >= 4 is 23.0 Å². The van der Waals surface area contributed by atoms with Crippen LogP contribution in [0.15, 0.2) is 22.7 Å². The molecule has 1 aromatic heterocycles. The molecule has 0 saturated heterocycles. The number of aromatic amines is 1. The second-order valence-electron chi connectivity index (χ2n) is 6.24.